The predicted molar refractivity (Wildman–Crippen MR) is 108 cm³/mol. The van der Waals surface area contributed by atoms with E-state index in [9.17, 15) is 0 Å². The smallest absolute Gasteiger partial charge is 0.283 e. The normalized spacial score (nSPS) is 17.1. The molecule has 0 radical (unpaired) electrons. The van der Waals surface area contributed by atoms with Crippen LogP contribution in [0.3, 0.4) is 0 Å². The van der Waals surface area contributed by atoms with E-state index in [0.717, 1.165) is 0 Å². The van der Waals surface area contributed by atoms with Crippen molar-refractivity contribution >= 4 is 16.7 Å². The van der Waals surface area contributed by atoms with Gasteiger partial charge in [-0.05, 0) is 45.0 Å². The summed E-state index contributed by atoms with van der Waals surface area (Å²) in [6.45, 7) is 6.72. The third-order valence-electron chi connectivity index (χ3n) is 5.51. The summed E-state index contributed by atoms with van der Waals surface area (Å²) in [4.78, 5) is 4.72. The minimum Gasteiger partial charge on any atom is -0.341 e. The standard InChI is InChI=1S/C22H27N4/c1-16(2)25-13-14-26(17(25)3)22-12-8-11-20(24(22)5)21-15-18-9-6-7-10-19(18)23(21)4/h6-17H,1-5H3/q+1. The van der Waals surface area contributed by atoms with Gasteiger partial charge >= 0.3 is 0 Å². The minimum absolute atomic E-state index is 0.309. The highest BCUT2D eigenvalue weighted by atomic mass is 15.4. The van der Waals surface area contributed by atoms with Crippen molar-refractivity contribution < 1.29 is 4.57 Å². The monoisotopic (exact) mass is 347 g/mol. The molecule has 134 valence electrons. The Bertz CT molecular complexity index is 983. The molecule has 4 rings (SSSR count). The Morgan fingerprint density at radius 2 is 1.77 bits per heavy atom. The quantitative estimate of drug-likeness (QED) is 0.665. The summed E-state index contributed by atoms with van der Waals surface area (Å²) in [5, 5.41) is 1.27. The van der Waals surface area contributed by atoms with Crippen LogP contribution in [0.2, 0.25) is 0 Å². The van der Waals surface area contributed by atoms with Gasteiger partial charge in [0.1, 0.15) is 6.20 Å². The van der Waals surface area contributed by atoms with Gasteiger partial charge in [-0.3, -0.25) is 0 Å². The fourth-order valence-corrected chi connectivity index (χ4v) is 4.04. The van der Waals surface area contributed by atoms with Crippen molar-refractivity contribution in [3.8, 4) is 11.4 Å². The molecule has 1 atom stereocenters. The molecule has 4 heteroatoms. The molecule has 1 aromatic carbocycles. The third-order valence-corrected chi connectivity index (χ3v) is 5.51. The molecule has 2 aromatic heterocycles. The van der Waals surface area contributed by atoms with Crippen LogP contribution in [-0.2, 0) is 14.1 Å². The van der Waals surface area contributed by atoms with Crippen LogP contribution in [0, 0.1) is 0 Å². The average Bonchev–Trinajstić information content (AvgIpc) is 3.16. The van der Waals surface area contributed by atoms with Gasteiger partial charge in [-0.1, -0.05) is 18.2 Å². The van der Waals surface area contributed by atoms with Crippen LogP contribution in [0.1, 0.15) is 20.8 Å². The van der Waals surface area contributed by atoms with Crippen molar-refractivity contribution in [2.24, 2.45) is 14.1 Å². The van der Waals surface area contributed by atoms with Crippen LogP contribution in [0.5, 0.6) is 0 Å². The van der Waals surface area contributed by atoms with Gasteiger partial charge in [0, 0.05) is 36.3 Å². The molecule has 0 saturated heterocycles. The number of aromatic nitrogens is 2. The van der Waals surface area contributed by atoms with Crippen LogP contribution in [0.15, 0.2) is 60.9 Å². The van der Waals surface area contributed by atoms with E-state index in [1.165, 1.54) is 28.1 Å². The zero-order valence-electron chi connectivity index (χ0n) is 16.2. The first kappa shape index (κ1) is 16.7. The number of para-hydroxylation sites is 1. The number of pyridine rings is 1. The average molecular weight is 347 g/mol. The summed E-state index contributed by atoms with van der Waals surface area (Å²) in [6, 6.07) is 17.8. The van der Waals surface area contributed by atoms with Gasteiger partial charge in [0.15, 0.2) is 11.9 Å². The van der Waals surface area contributed by atoms with Crippen molar-refractivity contribution in [1.29, 1.82) is 0 Å². The van der Waals surface area contributed by atoms with Crippen molar-refractivity contribution in [3.05, 3.63) is 60.9 Å². The van der Waals surface area contributed by atoms with Gasteiger partial charge in [0.05, 0.1) is 12.7 Å². The Morgan fingerprint density at radius 1 is 1.00 bits per heavy atom. The topological polar surface area (TPSA) is 15.3 Å². The molecule has 0 spiro atoms. The van der Waals surface area contributed by atoms with Crippen molar-refractivity contribution in [2.75, 3.05) is 4.90 Å². The fourth-order valence-electron chi connectivity index (χ4n) is 4.04. The van der Waals surface area contributed by atoms with E-state index < -0.39 is 0 Å². The second-order valence-corrected chi connectivity index (χ2v) is 7.35. The van der Waals surface area contributed by atoms with Crippen LogP contribution >= 0.6 is 0 Å². The molecule has 0 amide bonds. The maximum atomic E-state index is 2.38. The van der Waals surface area contributed by atoms with E-state index in [1.807, 2.05) is 0 Å². The summed E-state index contributed by atoms with van der Waals surface area (Å²) in [6.07, 6.45) is 4.69. The molecule has 4 nitrogen and oxygen atoms in total. The Hall–Kier alpha value is -2.75. The van der Waals surface area contributed by atoms with Crippen LogP contribution in [-0.4, -0.2) is 21.7 Å². The lowest BCUT2D eigenvalue weighted by Crippen LogP contribution is -2.45. The molecule has 0 saturated carbocycles. The van der Waals surface area contributed by atoms with E-state index >= 15 is 0 Å². The van der Waals surface area contributed by atoms with Gasteiger partial charge in [0.2, 0.25) is 0 Å². The number of hydrogen-bond acceptors (Lipinski definition) is 2. The first-order valence-electron chi connectivity index (χ1n) is 9.27. The number of aryl methyl sites for hydroxylation is 1. The third kappa shape index (κ3) is 2.48. The Kier molecular flexibility index (Phi) is 3.98. The maximum absolute atomic E-state index is 2.38. The molecular formula is C22H27N4+. The number of hydrogen-bond donors (Lipinski definition) is 0. The number of nitrogens with zero attached hydrogens (tertiary/aromatic N) is 4. The molecule has 1 unspecified atom stereocenters. The molecule has 0 N–H and O–H groups in total. The van der Waals surface area contributed by atoms with Gasteiger partial charge in [-0.2, -0.15) is 0 Å². The lowest BCUT2D eigenvalue weighted by atomic mass is 10.2. The predicted octanol–water partition coefficient (Wildman–Crippen LogP) is 4.02. The van der Waals surface area contributed by atoms with Crippen molar-refractivity contribution in [1.82, 2.24) is 9.47 Å². The number of fused-ring (bicyclic) bond motifs is 1. The van der Waals surface area contributed by atoms with Crippen molar-refractivity contribution in [2.45, 2.75) is 33.0 Å². The fraction of sp³-hybridized carbons (Fsp3) is 0.318. The number of anilines is 1. The van der Waals surface area contributed by atoms with Gasteiger partial charge in [0.25, 0.3) is 5.82 Å². The van der Waals surface area contributed by atoms with Gasteiger partial charge < -0.3 is 9.47 Å². The first-order valence-corrected chi connectivity index (χ1v) is 9.27. The zero-order chi connectivity index (χ0) is 18.4. The molecule has 1 aliphatic heterocycles. The van der Waals surface area contributed by atoms with E-state index in [-0.39, 0.29) is 0 Å². The van der Waals surface area contributed by atoms with E-state index in [4.69, 9.17) is 0 Å². The summed E-state index contributed by atoms with van der Waals surface area (Å²) in [5.41, 5.74) is 3.70. The Morgan fingerprint density at radius 3 is 2.46 bits per heavy atom. The maximum Gasteiger partial charge on any atom is 0.283 e. The highest BCUT2D eigenvalue weighted by molar-refractivity contribution is 5.85. The summed E-state index contributed by atoms with van der Waals surface area (Å²) < 4.78 is 4.57. The number of rotatable bonds is 3. The van der Waals surface area contributed by atoms with Crippen molar-refractivity contribution in [3.63, 3.8) is 0 Å². The second-order valence-electron chi connectivity index (χ2n) is 7.35. The highest BCUT2D eigenvalue weighted by Gasteiger charge is 2.33. The van der Waals surface area contributed by atoms with Crippen LogP contribution in [0.25, 0.3) is 22.3 Å². The summed E-state index contributed by atoms with van der Waals surface area (Å²) >= 11 is 0. The molecule has 3 aromatic rings. The summed E-state index contributed by atoms with van der Waals surface area (Å²) in [7, 11) is 4.30. The molecule has 0 bridgehead atoms. The van der Waals surface area contributed by atoms with E-state index in [0.29, 0.717) is 12.2 Å². The second kappa shape index (κ2) is 6.20. The molecule has 3 heterocycles. The minimum atomic E-state index is 0.309. The highest BCUT2D eigenvalue weighted by Crippen LogP contribution is 2.28. The van der Waals surface area contributed by atoms with Crippen LogP contribution in [0.4, 0.5) is 5.82 Å². The molecule has 1 aliphatic rings. The van der Waals surface area contributed by atoms with E-state index in [2.05, 4.69) is 115 Å². The van der Waals surface area contributed by atoms with E-state index in [1.54, 1.807) is 0 Å². The SMILES string of the molecule is CC(C)N1C=CN(c2cccc(-c3cc4ccccc4n3C)[n+]2C)C1C. The molecule has 0 fully saturated rings. The van der Waals surface area contributed by atoms with Gasteiger partial charge in [-0.15, -0.1) is 0 Å². The number of benzene rings is 1. The van der Waals surface area contributed by atoms with Gasteiger partial charge in [-0.25, -0.2) is 9.47 Å². The zero-order valence-corrected chi connectivity index (χ0v) is 16.2. The lowest BCUT2D eigenvalue weighted by molar-refractivity contribution is -0.647. The molecular weight excluding hydrogens is 320 g/mol. The largest absolute Gasteiger partial charge is 0.341 e. The van der Waals surface area contributed by atoms with Crippen LogP contribution < -0.4 is 9.47 Å². The molecule has 26 heavy (non-hydrogen) atoms. The lowest BCUT2D eigenvalue weighted by Gasteiger charge is -2.28. The first-order chi connectivity index (χ1) is 12.5. The Labute approximate surface area is 155 Å². The Balaban J connectivity index is 1.80. The summed E-state index contributed by atoms with van der Waals surface area (Å²) in [5.74, 6) is 1.19. The molecule has 0 aliphatic carbocycles.